The van der Waals surface area contributed by atoms with Crippen molar-refractivity contribution in [3.63, 3.8) is 0 Å². The molecule has 28 heavy (non-hydrogen) atoms. The number of rotatable bonds is 2. The molecule has 0 saturated heterocycles. The van der Waals surface area contributed by atoms with Crippen molar-refractivity contribution in [2.24, 2.45) is 7.05 Å². The van der Waals surface area contributed by atoms with Gasteiger partial charge in [0.2, 0.25) is 0 Å². The molecule has 0 aromatic carbocycles. The Labute approximate surface area is 169 Å². The number of aromatic amines is 1. The van der Waals surface area contributed by atoms with E-state index < -0.39 is 16.9 Å². The molecular formula is C18H13BrFN5O2S. The Morgan fingerprint density at radius 1 is 1.29 bits per heavy atom. The lowest BCUT2D eigenvalue weighted by Crippen LogP contribution is -2.67. The third kappa shape index (κ3) is 1.92. The van der Waals surface area contributed by atoms with Crippen LogP contribution in [0.25, 0.3) is 26.9 Å². The summed E-state index contributed by atoms with van der Waals surface area (Å²) in [6, 6.07) is 1.71. The number of nitrogens with one attached hydrogen (secondary N) is 1. The largest absolute Gasteiger partial charge is 0.333 e. The molecular weight excluding hydrogens is 449 g/mol. The number of halogens is 2. The van der Waals surface area contributed by atoms with E-state index in [-0.39, 0.29) is 5.41 Å². The van der Waals surface area contributed by atoms with E-state index >= 15 is 0 Å². The van der Waals surface area contributed by atoms with E-state index in [0.29, 0.717) is 46.2 Å². The molecule has 2 bridgehead atoms. The van der Waals surface area contributed by atoms with Gasteiger partial charge in [0.1, 0.15) is 21.7 Å². The van der Waals surface area contributed by atoms with Crippen LogP contribution in [0.1, 0.15) is 25.1 Å². The maximum atomic E-state index is 14.0. The fourth-order valence-corrected chi connectivity index (χ4v) is 6.37. The first-order valence-electron chi connectivity index (χ1n) is 8.75. The highest BCUT2D eigenvalue weighted by Gasteiger charge is 2.71. The SMILES string of the molecule is Cn1c(C23CC(F)(C2)C3)nc2cncc(-n3c(=O)[nH]c4cc(Br)sc4c3=O)c21. The Morgan fingerprint density at radius 3 is 2.75 bits per heavy atom. The highest BCUT2D eigenvalue weighted by atomic mass is 79.9. The molecule has 7 rings (SSSR count). The van der Waals surface area contributed by atoms with Gasteiger partial charge in [0.25, 0.3) is 5.56 Å². The van der Waals surface area contributed by atoms with Gasteiger partial charge in [-0.2, -0.15) is 0 Å². The maximum Gasteiger partial charge on any atom is 0.333 e. The lowest BCUT2D eigenvalue weighted by molar-refractivity contribution is -0.163. The Hall–Kier alpha value is -2.33. The number of aromatic nitrogens is 5. The average Bonchev–Trinajstić information content (AvgIpc) is 3.12. The zero-order chi connectivity index (χ0) is 19.4. The molecule has 0 radical (unpaired) electrons. The molecule has 4 heterocycles. The average molecular weight is 462 g/mol. The van der Waals surface area contributed by atoms with Crippen LogP contribution in [0.5, 0.6) is 0 Å². The van der Waals surface area contributed by atoms with Crippen molar-refractivity contribution in [3.05, 3.63) is 48.9 Å². The Bertz CT molecular complexity index is 1430. The minimum Gasteiger partial charge on any atom is -0.329 e. The van der Waals surface area contributed by atoms with Crippen LogP contribution in [0, 0.1) is 0 Å². The first kappa shape index (κ1) is 16.6. The standard InChI is InChI=1S/C18H13BrFN5O2S/c1-24-12-9(22-15(24)17-5-18(20,6-17)7-17)3-21-4-10(12)25-14(26)13-8(23-16(25)27)2-11(19)28-13/h2-4H,5-7H2,1H3,(H,23,27). The van der Waals surface area contributed by atoms with Crippen LogP contribution in [0.2, 0.25) is 0 Å². The number of H-pyrrole nitrogens is 1. The summed E-state index contributed by atoms with van der Waals surface area (Å²) >= 11 is 4.62. The fraction of sp³-hybridized carbons (Fsp3) is 0.333. The number of pyridine rings is 1. The number of aryl methyl sites for hydroxylation is 1. The molecule has 3 fully saturated rings. The molecule has 1 N–H and O–H groups in total. The number of fused-ring (bicyclic) bond motifs is 2. The molecule has 0 aliphatic heterocycles. The van der Waals surface area contributed by atoms with Crippen molar-refractivity contribution in [2.75, 3.05) is 0 Å². The van der Waals surface area contributed by atoms with E-state index in [1.807, 2.05) is 11.6 Å². The minimum atomic E-state index is -1.04. The lowest BCUT2D eigenvalue weighted by atomic mass is 9.42. The van der Waals surface area contributed by atoms with Gasteiger partial charge >= 0.3 is 5.69 Å². The molecule has 4 aromatic rings. The predicted molar refractivity (Wildman–Crippen MR) is 107 cm³/mol. The van der Waals surface area contributed by atoms with Gasteiger partial charge in [-0.05, 0) is 41.3 Å². The summed E-state index contributed by atoms with van der Waals surface area (Å²) in [6.45, 7) is 0. The molecule has 0 atom stereocenters. The lowest BCUT2D eigenvalue weighted by Gasteiger charge is -2.65. The number of hydrogen-bond acceptors (Lipinski definition) is 5. The number of imidazole rings is 1. The smallest absolute Gasteiger partial charge is 0.329 e. The molecule has 10 heteroatoms. The van der Waals surface area contributed by atoms with Gasteiger partial charge in [0.15, 0.2) is 0 Å². The summed E-state index contributed by atoms with van der Waals surface area (Å²) in [5, 5.41) is 0. The van der Waals surface area contributed by atoms with Crippen LogP contribution in [-0.2, 0) is 12.5 Å². The van der Waals surface area contributed by atoms with E-state index in [9.17, 15) is 14.0 Å². The molecule has 0 spiro atoms. The van der Waals surface area contributed by atoms with Crippen LogP contribution in [0.4, 0.5) is 4.39 Å². The van der Waals surface area contributed by atoms with Crippen LogP contribution < -0.4 is 11.2 Å². The van der Waals surface area contributed by atoms with E-state index in [1.54, 1.807) is 12.3 Å². The molecule has 3 saturated carbocycles. The number of hydrogen-bond donors (Lipinski definition) is 1. The third-order valence-corrected chi connectivity index (χ3v) is 7.61. The van der Waals surface area contributed by atoms with Crippen molar-refractivity contribution in [1.29, 1.82) is 0 Å². The quantitative estimate of drug-likeness (QED) is 0.497. The summed E-state index contributed by atoms with van der Waals surface area (Å²) in [5.41, 5.74) is -0.108. The first-order valence-corrected chi connectivity index (χ1v) is 10.4. The Kier molecular flexibility index (Phi) is 2.96. The Balaban J connectivity index is 1.64. The second-order valence-electron chi connectivity index (χ2n) is 7.85. The Morgan fingerprint density at radius 2 is 2.04 bits per heavy atom. The van der Waals surface area contributed by atoms with Crippen LogP contribution in [-0.4, -0.2) is 29.8 Å². The second kappa shape index (κ2) is 4.98. The van der Waals surface area contributed by atoms with Crippen molar-refractivity contribution in [3.8, 4) is 5.69 Å². The highest BCUT2D eigenvalue weighted by molar-refractivity contribution is 9.11. The molecule has 7 nitrogen and oxygen atoms in total. The maximum absolute atomic E-state index is 14.0. The number of alkyl halides is 1. The second-order valence-corrected chi connectivity index (χ2v) is 10.3. The summed E-state index contributed by atoms with van der Waals surface area (Å²) in [6.07, 6.45) is 4.55. The van der Waals surface area contributed by atoms with Crippen molar-refractivity contribution in [2.45, 2.75) is 30.3 Å². The van der Waals surface area contributed by atoms with Crippen LogP contribution in [0.15, 0.2) is 31.8 Å². The number of thiophene rings is 1. The van der Waals surface area contributed by atoms with Crippen molar-refractivity contribution >= 4 is 48.5 Å². The summed E-state index contributed by atoms with van der Waals surface area (Å²) in [7, 11) is 1.85. The van der Waals surface area contributed by atoms with Crippen molar-refractivity contribution < 1.29 is 4.39 Å². The summed E-state index contributed by atoms with van der Waals surface area (Å²) in [4.78, 5) is 37.4. The summed E-state index contributed by atoms with van der Waals surface area (Å²) in [5.74, 6) is 0.792. The normalized spacial score (nSPS) is 25.8. The fourth-order valence-electron chi connectivity index (χ4n) is 4.89. The zero-order valence-corrected chi connectivity index (χ0v) is 17.0. The zero-order valence-electron chi connectivity index (χ0n) is 14.6. The molecule has 142 valence electrons. The van der Waals surface area contributed by atoms with E-state index in [0.717, 1.165) is 14.2 Å². The van der Waals surface area contributed by atoms with Gasteiger partial charge in [-0.3, -0.25) is 9.78 Å². The predicted octanol–water partition coefficient (Wildman–Crippen LogP) is 2.93. The van der Waals surface area contributed by atoms with E-state index in [2.05, 4.69) is 30.9 Å². The van der Waals surface area contributed by atoms with Gasteiger partial charge in [0.05, 0.1) is 32.9 Å². The molecule has 3 aliphatic rings. The van der Waals surface area contributed by atoms with Crippen LogP contribution in [0.3, 0.4) is 0 Å². The molecule has 0 amide bonds. The van der Waals surface area contributed by atoms with Gasteiger partial charge in [0, 0.05) is 12.5 Å². The monoisotopic (exact) mass is 461 g/mol. The topological polar surface area (TPSA) is 85.6 Å². The van der Waals surface area contributed by atoms with Gasteiger partial charge in [-0.25, -0.2) is 18.7 Å². The molecule has 4 aromatic heterocycles. The molecule has 3 aliphatic carbocycles. The van der Waals surface area contributed by atoms with E-state index in [4.69, 9.17) is 0 Å². The summed E-state index contributed by atoms with van der Waals surface area (Å²) < 4.78 is 18.2. The minimum absolute atomic E-state index is 0.236. The van der Waals surface area contributed by atoms with Gasteiger partial charge < -0.3 is 9.55 Å². The van der Waals surface area contributed by atoms with E-state index in [1.165, 1.54) is 17.5 Å². The van der Waals surface area contributed by atoms with Gasteiger partial charge in [-0.1, -0.05) is 0 Å². The third-order valence-electron chi connectivity index (χ3n) is 5.98. The molecule has 0 unspecified atom stereocenters. The highest BCUT2D eigenvalue weighted by Crippen LogP contribution is 2.69. The number of nitrogens with zero attached hydrogens (tertiary/aromatic N) is 4. The van der Waals surface area contributed by atoms with Crippen molar-refractivity contribution in [1.82, 2.24) is 24.1 Å². The van der Waals surface area contributed by atoms with Gasteiger partial charge in [-0.15, -0.1) is 11.3 Å². The first-order chi connectivity index (χ1) is 13.3. The van der Waals surface area contributed by atoms with Crippen LogP contribution >= 0.6 is 27.3 Å².